The first-order valence-corrected chi connectivity index (χ1v) is 10.5. The van der Waals surface area contributed by atoms with Crippen molar-refractivity contribution in [2.24, 2.45) is 0 Å². The molecular formula is C18H20F3N3O3S. The Hall–Kier alpha value is -2.07. The number of hydrogen-bond donors (Lipinski definition) is 2. The van der Waals surface area contributed by atoms with E-state index in [0.717, 1.165) is 41.9 Å². The van der Waals surface area contributed by atoms with E-state index in [-0.39, 0.29) is 11.8 Å². The van der Waals surface area contributed by atoms with Crippen LogP contribution < -0.4 is 9.50 Å². The molecule has 0 bridgehead atoms. The molecule has 6 nitrogen and oxygen atoms in total. The predicted octanol–water partition coefficient (Wildman–Crippen LogP) is 3.61. The molecule has 2 heterocycles. The van der Waals surface area contributed by atoms with Gasteiger partial charge in [0.05, 0.1) is 17.9 Å². The topological polar surface area (TPSA) is 84.1 Å². The second-order valence-corrected chi connectivity index (χ2v) is 8.82. The van der Waals surface area contributed by atoms with E-state index in [4.69, 9.17) is 0 Å². The van der Waals surface area contributed by atoms with E-state index >= 15 is 0 Å². The van der Waals surface area contributed by atoms with Crippen LogP contribution in [0.25, 0.3) is 11.3 Å². The number of H-pyrrole nitrogens is 1. The molecule has 1 aromatic heterocycles. The third kappa shape index (κ3) is 3.39. The second-order valence-electron chi connectivity index (χ2n) is 7.28. The van der Waals surface area contributed by atoms with Crippen LogP contribution in [0, 0.1) is 0 Å². The van der Waals surface area contributed by atoms with E-state index in [0.29, 0.717) is 24.4 Å². The summed E-state index contributed by atoms with van der Waals surface area (Å²) < 4.78 is 65.2. The lowest BCUT2D eigenvalue weighted by Crippen LogP contribution is -2.28. The van der Waals surface area contributed by atoms with Crippen LogP contribution in [0.1, 0.15) is 49.2 Å². The van der Waals surface area contributed by atoms with E-state index in [1.165, 1.54) is 6.07 Å². The highest BCUT2D eigenvalue weighted by Crippen LogP contribution is 2.39. The maximum absolute atomic E-state index is 12.7. The van der Waals surface area contributed by atoms with Crippen LogP contribution in [-0.4, -0.2) is 29.9 Å². The molecule has 2 N–H and O–H groups in total. The Morgan fingerprint density at radius 1 is 1.18 bits per heavy atom. The predicted molar refractivity (Wildman–Crippen MR) is 96.2 cm³/mol. The molecule has 2 aromatic rings. The third-order valence-corrected chi connectivity index (χ3v) is 6.28. The third-order valence-electron chi connectivity index (χ3n) is 5.31. The summed E-state index contributed by atoms with van der Waals surface area (Å²) in [7, 11) is -5.69. The lowest BCUT2D eigenvalue weighted by atomic mass is 10.0. The average molecular weight is 415 g/mol. The van der Waals surface area contributed by atoms with Gasteiger partial charge in [0.2, 0.25) is 0 Å². The number of rotatable bonds is 4. The van der Waals surface area contributed by atoms with E-state index in [1.807, 2.05) is 0 Å². The second kappa shape index (κ2) is 6.77. The van der Waals surface area contributed by atoms with Crippen molar-refractivity contribution in [2.45, 2.75) is 56.6 Å². The van der Waals surface area contributed by atoms with E-state index in [2.05, 4.69) is 26.4 Å². The van der Waals surface area contributed by atoms with Gasteiger partial charge in [-0.05, 0) is 62.3 Å². The zero-order valence-corrected chi connectivity index (χ0v) is 16.0. The van der Waals surface area contributed by atoms with Gasteiger partial charge in [0.1, 0.15) is 11.6 Å². The van der Waals surface area contributed by atoms with Gasteiger partial charge in [-0.15, -0.1) is 0 Å². The minimum Gasteiger partial charge on any atom is -0.376 e. The molecular weight excluding hydrogens is 395 g/mol. The van der Waals surface area contributed by atoms with Gasteiger partial charge in [-0.2, -0.15) is 21.6 Å². The zero-order valence-electron chi connectivity index (χ0n) is 15.1. The van der Waals surface area contributed by atoms with Gasteiger partial charge >= 0.3 is 15.6 Å². The summed E-state index contributed by atoms with van der Waals surface area (Å²) in [5, 5.41) is 3.45. The quantitative estimate of drug-likeness (QED) is 0.589. The molecule has 1 fully saturated rings. The molecule has 10 heteroatoms. The van der Waals surface area contributed by atoms with Gasteiger partial charge in [0.25, 0.3) is 0 Å². The van der Waals surface area contributed by atoms with Crippen LogP contribution >= 0.6 is 0 Å². The SMILES string of the molecule is CC1CCC(c2ncc(-c3ccc(OS(=O)(=O)C(F)(F)F)c4c3CCC4)[nH]2)N1. The molecule has 152 valence electrons. The highest BCUT2D eigenvalue weighted by Gasteiger charge is 2.49. The van der Waals surface area contributed by atoms with Crippen LogP contribution in [0.15, 0.2) is 18.3 Å². The lowest BCUT2D eigenvalue weighted by molar-refractivity contribution is -0.0500. The minimum absolute atomic E-state index is 0.149. The van der Waals surface area contributed by atoms with Crippen LogP contribution in [0.4, 0.5) is 13.2 Å². The number of alkyl halides is 3. The number of nitrogens with zero attached hydrogens (tertiary/aromatic N) is 1. The molecule has 1 aromatic carbocycles. The number of halogens is 3. The van der Waals surface area contributed by atoms with Gasteiger partial charge in [0, 0.05) is 11.6 Å². The van der Waals surface area contributed by atoms with Crippen molar-refractivity contribution in [1.29, 1.82) is 0 Å². The summed E-state index contributed by atoms with van der Waals surface area (Å²) in [6.07, 6.45) is 5.58. The molecule has 2 unspecified atom stereocenters. The summed E-state index contributed by atoms with van der Waals surface area (Å²) in [4.78, 5) is 7.76. The van der Waals surface area contributed by atoms with Crippen molar-refractivity contribution >= 4 is 10.1 Å². The lowest BCUT2D eigenvalue weighted by Gasteiger charge is -2.14. The Morgan fingerprint density at radius 3 is 2.61 bits per heavy atom. The Morgan fingerprint density at radius 2 is 1.93 bits per heavy atom. The van der Waals surface area contributed by atoms with Gasteiger partial charge in [0.15, 0.2) is 0 Å². The molecule has 0 saturated carbocycles. The summed E-state index contributed by atoms with van der Waals surface area (Å²) in [5.41, 5.74) is -2.57. The number of nitrogens with one attached hydrogen (secondary N) is 2. The van der Waals surface area contributed by atoms with Gasteiger partial charge in [-0.3, -0.25) is 0 Å². The molecule has 1 aliphatic heterocycles. The van der Waals surface area contributed by atoms with Gasteiger partial charge in [-0.1, -0.05) is 0 Å². The van der Waals surface area contributed by atoms with Gasteiger partial charge < -0.3 is 14.5 Å². The maximum atomic E-state index is 12.7. The molecule has 0 radical (unpaired) electrons. The number of aromatic amines is 1. The first-order valence-electron chi connectivity index (χ1n) is 9.12. The number of benzene rings is 1. The van der Waals surface area contributed by atoms with Crippen LogP contribution in [0.2, 0.25) is 0 Å². The van der Waals surface area contributed by atoms with Gasteiger partial charge in [-0.25, -0.2) is 4.98 Å². The monoisotopic (exact) mass is 415 g/mol. The highest BCUT2D eigenvalue weighted by molar-refractivity contribution is 7.88. The molecule has 2 aliphatic rings. The fraction of sp³-hybridized carbons (Fsp3) is 0.500. The van der Waals surface area contributed by atoms with Crippen LogP contribution in [-0.2, 0) is 23.0 Å². The Balaban J connectivity index is 1.66. The average Bonchev–Trinajstić information content (AvgIpc) is 3.33. The highest BCUT2D eigenvalue weighted by atomic mass is 32.2. The summed E-state index contributed by atoms with van der Waals surface area (Å²) in [6, 6.07) is 3.46. The summed E-state index contributed by atoms with van der Waals surface area (Å²) in [6.45, 7) is 2.12. The molecule has 1 aliphatic carbocycles. The molecule has 1 saturated heterocycles. The van der Waals surface area contributed by atoms with Crippen molar-refractivity contribution < 1.29 is 25.8 Å². The fourth-order valence-electron chi connectivity index (χ4n) is 3.96. The van der Waals surface area contributed by atoms with Crippen molar-refractivity contribution in [3.8, 4) is 17.0 Å². The zero-order chi connectivity index (χ0) is 20.1. The standard InChI is InChI=1S/C18H20F3N3O3S/c1-10-5-7-14(23-10)17-22-9-15(24-17)12-6-8-16(13-4-2-3-11(12)13)27-28(25,26)18(19,20)21/h6,8-10,14,23H,2-5,7H2,1H3,(H,22,24). The summed E-state index contributed by atoms with van der Waals surface area (Å²) in [5.74, 6) is 0.575. The van der Waals surface area contributed by atoms with Crippen molar-refractivity contribution in [3.05, 3.63) is 35.3 Å². The van der Waals surface area contributed by atoms with Crippen molar-refractivity contribution in [2.75, 3.05) is 0 Å². The van der Waals surface area contributed by atoms with Crippen LogP contribution in [0.5, 0.6) is 5.75 Å². The normalized spacial score (nSPS) is 22.4. The van der Waals surface area contributed by atoms with Crippen molar-refractivity contribution in [3.63, 3.8) is 0 Å². The van der Waals surface area contributed by atoms with E-state index in [9.17, 15) is 21.6 Å². The van der Waals surface area contributed by atoms with E-state index < -0.39 is 15.6 Å². The number of fused-ring (bicyclic) bond motifs is 1. The number of hydrogen-bond acceptors (Lipinski definition) is 5. The molecule has 28 heavy (non-hydrogen) atoms. The fourth-order valence-corrected chi connectivity index (χ4v) is 4.45. The molecule has 0 amide bonds. The first-order chi connectivity index (χ1) is 13.2. The molecule has 4 rings (SSSR count). The first kappa shape index (κ1) is 19.3. The molecule has 0 spiro atoms. The van der Waals surface area contributed by atoms with Crippen LogP contribution in [0.3, 0.4) is 0 Å². The largest absolute Gasteiger partial charge is 0.534 e. The van der Waals surface area contributed by atoms with Crippen molar-refractivity contribution in [1.82, 2.24) is 15.3 Å². The summed E-state index contributed by atoms with van der Waals surface area (Å²) >= 11 is 0. The Kier molecular flexibility index (Phi) is 4.65. The minimum atomic E-state index is -5.69. The van der Waals surface area contributed by atoms with E-state index in [1.54, 1.807) is 12.3 Å². The molecule has 2 atom stereocenters. The Labute approximate surface area is 160 Å². The maximum Gasteiger partial charge on any atom is 0.534 e. The number of aromatic nitrogens is 2. The Bertz CT molecular complexity index is 1000. The smallest absolute Gasteiger partial charge is 0.376 e. The number of imidazole rings is 1.